The number of carbonyl (C=O) groups is 1. The molecule has 6 heteroatoms. The van der Waals surface area contributed by atoms with Gasteiger partial charge in [0, 0.05) is 18.3 Å². The second-order valence-electron chi connectivity index (χ2n) is 4.90. The number of aryl methyl sites for hydroxylation is 2. The standard InChI is InChI=1S/C16H15N3O3/c1-3-18-9-13(8-17)15(21)19(16(18)22)10-14(20)12-6-4-11(2)5-7-12/h4-7,9H,3,10H2,1-2H3. The topological polar surface area (TPSA) is 84.9 Å². The van der Waals surface area contributed by atoms with E-state index in [1.54, 1.807) is 37.3 Å². The van der Waals surface area contributed by atoms with Crippen LogP contribution < -0.4 is 11.2 Å². The van der Waals surface area contributed by atoms with Gasteiger partial charge in [-0.3, -0.25) is 18.7 Å². The van der Waals surface area contributed by atoms with Crippen LogP contribution in [0.5, 0.6) is 0 Å². The molecule has 22 heavy (non-hydrogen) atoms. The molecule has 0 amide bonds. The van der Waals surface area contributed by atoms with E-state index in [-0.39, 0.29) is 17.9 Å². The average molecular weight is 297 g/mol. The Balaban J connectivity index is 2.47. The van der Waals surface area contributed by atoms with Crippen LogP contribution in [0.15, 0.2) is 40.1 Å². The van der Waals surface area contributed by atoms with Crippen LogP contribution in [0.2, 0.25) is 0 Å². The van der Waals surface area contributed by atoms with E-state index in [1.165, 1.54) is 10.8 Å². The van der Waals surface area contributed by atoms with Gasteiger partial charge in [-0.05, 0) is 13.8 Å². The molecule has 0 fully saturated rings. The quantitative estimate of drug-likeness (QED) is 0.791. The maximum Gasteiger partial charge on any atom is 0.331 e. The molecule has 1 aromatic carbocycles. The Hall–Kier alpha value is -2.94. The third kappa shape index (κ3) is 2.88. The number of hydrogen-bond donors (Lipinski definition) is 0. The molecule has 0 radical (unpaired) electrons. The third-order valence-electron chi connectivity index (χ3n) is 3.37. The van der Waals surface area contributed by atoms with Crippen molar-refractivity contribution in [3.05, 3.63) is 68.0 Å². The molecule has 0 aliphatic rings. The SMILES string of the molecule is CCn1cc(C#N)c(=O)n(CC(=O)c2ccc(C)cc2)c1=O. The minimum atomic E-state index is -0.738. The Morgan fingerprint density at radius 1 is 1.23 bits per heavy atom. The molecule has 2 rings (SSSR count). The molecule has 6 nitrogen and oxygen atoms in total. The van der Waals surface area contributed by atoms with Crippen molar-refractivity contribution in [3.63, 3.8) is 0 Å². The Morgan fingerprint density at radius 3 is 2.41 bits per heavy atom. The lowest BCUT2D eigenvalue weighted by Crippen LogP contribution is -2.42. The largest absolute Gasteiger partial charge is 0.331 e. The van der Waals surface area contributed by atoms with E-state index >= 15 is 0 Å². The highest BCUT2D eigenvalue weighted by Gasteiger charge is 2.14. The number of rotatable bonds is 4. The van der Waals surface area contributed by atoms with Crippen LogP contribution in [0.3, 0.4) is 0 Å². The molecule has 2 aromatic rings. The lowest BCUT2D eigenvalue weighted by atomic mass is 10.1. The van der Waals surface area contributed by atoms with Crippen LogP contribution in [0.25, 0.3) is 0 Å². The minimum Gasteiger partial charge on any atom is -0.299 e. The first-order valence-corrected chi connectivity index (χ1v) is 6.82. The van der Waals surface area contributed by atoms with Gasteiger partial charge in [-0.25, -0.2) is 4.79 Å². The van der Waals surface area contributed by atoms with E-state index in [0.717, 1.165) is 10.1 Å². The van der Waals surface area contributed by atoms with E-state index in [4.69, 9.17) is 5.26 Å². The fraction of sp³-hybridized carbons (Fsp3) is 0.250. The summed E-state index contributed by atoms with van der Waals surface area (Å²) in [5, 5.41) is 8.97. The number of ketones is 1. The van der Waals surface area contributed by atoms with Gasteiger partial charge in [-0.15, -0.1) is 0 Å². The van der Waals surface area contributed by atoms with E-state index in [9.17, 15) is 14.4 Å². The van der Waals surface area contributed by atoms with Gasteiger partial charge < -0.3 is 0 Å². The van der Waals surface area contributed by atoms with Gasteiger partial charge >= 0.3 is 5.69 Å². The first-order valence-electron chi connectivity index (χ1n) is 6.82. The molecule has 1 aromatic heterocycles. The molecule has 1 heterocycles. The van der Waals surface area contributed by atoms with Gasteiger partial charge in [-0.2, -0.15) is 5.26 Å². The summed E-state index contributed by atoms with van der Waals surface area (Å²) in [5.74, 6) is -0.350. The summed E-state index contributed by atoms with van der Waals surface area (Å²) in [6.07, 6.45) is 1.22. The third-order valence-corrected chi connectivity index (χ3v) is 3.37. The molecule has 0 aliphatic carbocycles. The summed E-state index contributed by atoms with van der Waals surface area (Å²) in [6.45, 7) is 3.55. The first-order chi connectivity index (χ1) is 10.5. The Morgan fingerprint density at radius 2 is 1.86 bits per heavy atom. The molecule has 0 spiro atoms. The van der Waals surface area contributed by atoms with Crippen molar-refractivity contribution in [2.45, 2.75) is 26.9 Å². The van der Waals surface area contributed by atoms with Crippen molar-refractivity contribution in [2.24, 2.45) is 0 Å². The zero-order chi connectivity index (χ0) is 16.3. The summed E-state index contributed by atoms with van der Waals surface area (Å²) in [5.41, 5.74) is -0.0568. The monoisotopic (exact) mass is 297 g/mol. The predicted octanol–water partition coefficient (Wildman–Crippen LogP) is 1.09. The number of Topliss-reactive ketones (excluding diaryl/α,β-unsaturated/α-hetero) is 1. The van der Waals surface area contributed by atoms with Gasteiger partial charge in [0.05, 0.1) is 6.54 Å². The smallest absolute Gasteiger partial charge is 0.299 e. The highest BCUT2D eigenvalue weighted by Crippen LogP contribution is 2.04. The van der Waals surface area contributed by atoms with Crippen LogP contribution in [0.4, 0.5) is 0 Å². The molecular weight excluding hydrogens is 282 g/mol. The van der Waals surface area contributed by atoms with Gasteiger partial charge in [0.25, 0.3) is 5.56 Å². The minimum absolute atomic E-state index is 0.154. The summed E-state index contributed by atoms with van der Waals surface area (Å²) >= 11 is 0. The van der Waals surface area contributed by atoms with Crippen molar-refractivity contribution >= 4 is 5.78 Å². The lowest BCUT2D eigenvalue weighted by Gasteiger charge is -2.09. The summed E-state index contributed by atoms with van der Waals surface area (Å²) in [7, 11) is 0. The van der Waals surface area contributed by atoms with Gasteiger partial charge in [0.2, 0.25) is 0 Å². The average Bonchev–Trinajstić information content (AvgIpc) is 2.52. The fourth-order valence-electron chi connectivity index (χ4n) is 2.07. The Bertz CT molecular complexity index is 867. The molecule has 0 N–H and O–H groups in total. The molecule has 0 atom stereocenters. The number of benzene rings is 1. The van der Waals surface area contributed by atoms with Crippen molar-refractivity contribution in [1.82, 2.24) is 9.13 Å². The maximum absolute atomic E-state index is 12.2. The normalized spacial score (nSPS) is 10.2. The van der Waals surface area contributed by atoms with Crippen LogP contribution in [-0.4, -0.2) is 14.9 Å². The lowest BCUT2D eigenvalue weighted by molar-refractivity contribution is 0.0968. The first kappa shape index (κ1) is 15.4. The van der Waals surface area contributed by atoms with E-state index < -0.39 is 11.2 Å². The van der Waals surface area contributed by atoms with E-state index in [2.05, 4.69) is 0 Å². The molecule has 0 unspecified atom stereocenters. The highest BCUT2D eigenvalue weighted by molar-refractivity contribution is 5.95. The molecule has 112 valence electrons. The van der Waals surface area contributed by atoms with Crippen LogP contribution in [-0.2, 0) is 13.1 Å². The predicted molar refractivity (Wildman–Crippen MR) is 80.9 cm³/mol. The van der Waals surface area contributed by atoms with Crippen molar-refractivity contribution in [2.75, 3.05) is 0 Å². The van der Waals surface area contributed by atoms with Crippen molar-refractivity contribution in [3.8, 4) is 6.07 Å². The van der Waals surface area contributed by atoms with E-state index in [1.807, 2.05) is 6.92 Å². The molecule has 0 saturated carbocycles. The number of aromatic nitrogens is 2. The Labute approximate surface area is 126 Å². The highest BCUT2D eigenvalue weighted by atomic mass is 16.2. The zero-order valence-corrected chi connectivity index (χ0v) is 12.4. The second-order valence-corrected chi connectivity index (χ2v) is 4.90. The number of nitriles is 1. The Kier molecular flexibility index (Phi) is 4.37. The van der Waals surface area contributed by atoms with Crippen molar-refractivity contribution < 1.29 is 4.79 Å². The summed E-state index contributed by atoms with van der Waals surface area (Å²) < 4.78 is 2.05. The molecular formula is C16H15N3O3. The van der Waals surface area contributed by atoms with Crippen molar-refractivity contribution in [1.29, 1.82) is 5.26 Å². The maximum atomic E-state index is 12.2. The number of carbonyl (C=O) groups excluding carboxylic acids is 1. The van der Waals surface area contributed by atoms with Crippen LogP contribution >= 0.6 is 0 Å². The van der Waals surface area contributed by atoms with Gasteiger partial charge in [0.15, 0.2) is 5.78 Å². The molecule has 0 saturated heterocycles. The summed E-state index contributed by atoms with van der Waals surface area (Å²) in [6, 6.07) is 8.62. The number of nitrogens with zero attached hydrogens (tertiary/aromatic N) is 3. The molecule has 0 aliphatic heterocycles. The fourth-order valence-corrected chi connectivity index (χ4v) is 2.07. The molecule has 0 bridgehead atoms. The van der Waals surface area contributed by atoms with Crippen LogP contribution in [0.1, 0.15) is 28.4 Å². The van der Waals surface area contributed by atoms with Gasteiger partial charge in [-0.1, -0.05) is 29.8 Å². The van der Waals surface area contributed by atoms with Gasteiger partial charge in [0.1, 0.15) is 11.6 Å². The van der Waals surface area contributed by atoms with E-state index in [0.29, 0.717) is 12.1 Å². The second kappa shape index (κ2) is 6.22. The summed E-state index contributed by atoms with van der Waals surface area (Å²) in [4.78, 5) is 36.5. The van der Waals surface area contributed by atoms with Crippen LogP contribution in [0, 0.1) is 18.3 Å². The zero-order valence-electron chi connectivity index (χ0n) is 12.4. The number of hydrogen-bond acceptors (Lipinski definition) is 4.